The molecule has 1 aromatic carbocycles. The van der Waals surface area contributed by atoms with E-state index >= 15 is 0 Å². The van der Waals surface area contributed by atoms with Crippen LogP contribution in [-0.2, 0) is 34.9 Å². The molecule has 39 heavy (non-hydrogen) atoms. The number of carbonyl (C=O) groups is 5. The molecule has 12 nitrogen and oxygen atoms in total. The maximum Gasteiger partial charge on any atom is 0.531 e. The fraction of sp³-hybridized carbons (Fsp3) is 0.423. The summed E-state index contributed by atoms with van der Waals surface area (Å²) >= 11 is 0. The number of nitrogens with one attached hydrogen (secondary N) is 1. The first-order valence-electron chi connectivity index (χ1n) is 12.4. The highest BCUT2D eigenvalue weighted by atomic mass is 16.7. The van der Waals surface area contributed by atoms with Crippen molar-refractivity contribution in [1.29, 1.82) is 0 Å². The van der Waals surface area contributed by atoms with Gasteiger partial charge in [-0.25, -0.2) is 4.98 Å². The Kier molecular flexibility index (Phi) is 9.88. The summed E-state index contributed by atoms with van der Waals surface area (Å²) in [6.07, 6.45) is 2.57. The zero-order valence-electron chi connectivity index (χ0n) is 21.6. The molecule has 2 aromatic rings. The third-order valence-corrected chi connectivity index (χ3v) is 6.21. The smallest absolute Gasteiger partial charge is 0.507 e. The Bertz CT molecular complexity index is 1180. The van der Waals surface area contributed by atoms with Crippen molar-refractivity contribution in [3.05, 3.63) is 60.2 Å². The van der Waals surface area contributed by atoms with Crippen LogP contribution in [0.4, 0.5) is 0 Å². The number of carbonyl (C=O) groups excluding carboxylic acids is 3. The quantitative estimate of drug-likeness (QED) is 0.298. The molecule has 1 aliphatic heterocycles. The van der Waals surface area contributed by atoms with E-state index in [1.54, 1.807) is 12.1 Å². The zero-order valence-corrected chi connectivity index (χ0v) is 21.6. The lowest BCUT2D eigenvalue weighted by atomic mass is 9.65. The highest BCUT2D eigenvalue weighted by molar-refractivity contribution is 6.51. The normalized spacial score (nSPS) is 15.9. The van der Waals surface area contributed by atoms with Gasteiger partial charge in [0.1, 0.15) is 5.69 Å². The number of rotatable bonds is 14. The lowest BCUT2D eigenvalue weighted by Crippen LogP contribution is -2.44. The van der Waals surface area contributed by atoms with Crippen LogP contribution in [0.15, 0.2) is 48.9 Å². The van der Waals surface area contributed by atoms with Gasteiger partial charge in [-0.1, -0.05) is 44.2 Å². The van der Waals surface area contributed by atoms with Gasteiger partial charge in [0, 0.05) is 24.6 Å². The maximum absolute atomic E-state index is 13.6. The van der Waals surface area contributed by atoms with Gasteiger partial charge in [0.2, 0.25) is 0 Å². The molecule has 2 atom stereocenters. The van der Waals surface area contributed by atoms with Gasteiger partial charge in [0.25, 0.3) is 5.91 Å². The second kappa shape index (κ2) is 13.1. The van der Waals surface area contributed by atoms with Crippen LogP contribution in [0.25, 0.3) is 0 Å². The van der Waals surface area contributed by atoms with Gasteiger partial charge < -0.3 is 24.8 Å². The molecule has 1 fully saturated rings. The number of carboxylic acid groups (broad SMARTS) is 2. The SMILES string of the molecule is CC(C)CC(CC(=O)C(Cc1ccccc1)NC(=O)c1cnccn1)B1OC(=O)C(CC(=O)O)(CC(=O)O)O1. The van der Waals surface area contributed by atoms with Crippen LogP contribution in [0.3, 0.4) is 0 Å². The van der Waals surface area contributed by atoms with Crippen LogP contribution in [0.2, 0.25) is 5.82 Å². The molecule has 0 saturated carbocycles. The molecule has 1 amide bonds. The third-order valence-electron chi connectivity index (χ3n) is 6.21. The Morgan fingerprint density at radius 1 is 1.05 bits per heavy atom. The number of benzene rings is 1. The molecule has 1 aromatic heterocycles. The lowest BCUT2D eigenvalue weighted by molar-refractivity contribution is -0.157. The second-order valence-electron chi connectivity index (χ2n) is 9.89. The third kappa shape index (κ3) is 8.18. The van der Waals surface area contributed by atoms with E-state index in [0.717, 1.165) is 5.56 Å². The van der Waals surface area contributed by atoms with E-state index in [2.05, 4.69) is 15.3 Å². The number of ketones is 1. The molecular formula is C26H30BN3O9. The Morgan fingerprint density at radius 3 is 2.28 bits per heavy atom. The van der Waals surface area contributed by atoms with Crippen molar-refractivity contribution in [2.45, 2.75) is 63.4 Å². The number of aliphatic carboxylic acids is 2. The number of carboxylic acids is 2. The minimum absolute atomic E-state index is 0.0146. The molecule has 0 bridgehead atoms. The first-order valence-corrected chi connectivity index (χ1v) is 12.4. The van der Waals surface area contributed by atoms with Crippen molar-refractivity contribution in [1.82, 2.24) is 15.3 Å². The summed E-state index contributed by atoms with van der Waals surface area (Å²) in [4.78, 5) is 69.8. The summed E-state index contributed by atoms with van der Waals surface area (Å²) in [5, 5.41) is 21.3. The monoisotopic (exact) mass is 539 g/mol. The Labute approximate surface area is 225 Å². The Balaban J connectivity index is 1.85. The minimum atomic E-state index is -2.20. The van der Waals surface area contributed by atoms with Crippen molar-refractivity contribution in [3.63, 3.8) is 0 Å². The van der Waals surface area contributed by atoms with Crippen LogP contribution >= 0.6 is 0 Å². The fourth-order valence-corrected chi connectivity index (χ4v) is 4.52. The predicted molar refractivity (Wildman–Crippen MR) is 136 cm³/mol. The number of aromatic nitrogens is 2. The van der Waals surface area contributed by atoms with E-state index in [1.165, 1.54) is 18.6 Å². The summed E-state index contributed by atoms with van der Waals surface area (Å²) in [5.74, 6) is -5.65. The van der Waals surface area contributed by atoms with E-state index in [4.69, 9.17) is 9.31 Å². The van der Waals surface area contributed by atoms with Crippen LogP contribution in [0.1, 0.15) is 55.6 Å². The first kappa shape index (κ1) is 29.4. The van der Waals surface area contributed by atoms with Gasteiger partial charge in [0.05, 0.1) is 25.1 Å². The zero-order chi connectivity index (χ0) is 28.6. The second-order valence-corrected chi connectivity index (χ2v) is 9.89. The minimum Gasteiger partial charge on any atom is -0.507 e. The summed E-state index contributed by atoms with van der Waals surface area (Å²) in [5.41, 5.74) is -1.38. The average molecular weight is 539 g/mol. The molecule has 0 aliphatic carbocycles. The first-order chi connectivity index (χ1) is 18.5. The summed E-state index contributed by atoms with van der Waals surface area (Å²) < 4.78 is 11.0. The molecular weight excluding hydrogens is 509 g/mol. The molecule has 206 valence electrons. The van der Waals surface area contributed by atoms with Gasteiger partial charge in [-0.3, -0.25) is 29.0 Å². The van der Waals surface area contributed by atoms with Crippen molar-refractivity contribution in [2.75, 3.05) is 0 Å². The van der Waals surface area contributed by atoms with Crippen molar-refractivity contribution in [3.8, 4) is 0 Å². The Hall–Kier alpha value is -4.13. The number of amides is 1. The van der Waals surface area contributed by atoms with E-state index in [-0.39, 0.29) is 30.2 Å². The van der Waals surface area contributed by atoms with E-state index in [0.29, 0.717) is 6.42 Å². The van der Waals surface area contributed by atoms with Crippen molar-refractivity contribution < 1.29 is 43.5 Å². The van der Waals surface area contributed by atoms with Crippen LogP contribution in [0.5, 0.6) is 0 Å². The summed E-state index contributed by atoms with van der Waals surface area (Å²) in [6.45, 7) is 3.76. The number of hydrogen-bond donors (Lipinski definition) is 3. The molecule has 0 radical (unpaired) electrons. The number of Topliss-reactive ketones (excluding diaryl/α,β-unsaturated/α-hetero) is 1. The number of nitrogens with zero attached hydrogens (tertiary/aromatic N) is 2. The van der Waals surface area contributed by atoms with Gasteiger partial charge in [0.15, 0.2) is 11.4 Å². The molecule has 2 heterocycles. The summed E-state index contributed by atoms with van der Waals surface area (Å²) in [6, 6.07) is 8.08. The van der Waals surface area contributed by atoms with Crippen molar-refractivity contribution in [2.24, 2.45) is 5.92 Å². The molecule has 2 unspecified atom stereocenters. The maximum atomic E-state index is 13.6. The molecule has 13 heteroatoms. The average Bonchev–Trinajstić information content (AvgIpc) is 3.18. The predicted octanol–water partition coefficient (Wildman–Crippen LogP) is 1.94. The lowest BCUT2D eigenvalue weighted by Gasteiger charge is -2.25. The molecule has 0 spiro atoms. The summed E-state index contributed by atoms with van der Waals surface area (Å²) in [7, 11) is -1.34. The molecule has 3 rings (SSSR count). The van der Waals surface area contributed by atoms with Crippen LogP contribution < -0.4 is 5.32 Å². The Morgan fingerprint density at radius 2 is 1.72 bits per heavy atom. The van der Waals surface area contributed by atoms with Crippen LogP contribution in [-0.4, -0.2) is 68.5 Å². The van der Waals surface area contributed by atoms with E-state index < -0.39 is 61.2 Å². The largest absolute Gasteiger partial charge is 0.531 e. The topological polar surface area (TPSA) is 182 Å². The van der Waals surface area contributed by atoms with Gasteiger partial charge in [-0.05, 0) is 24.3 Å². The standard InChI is InChI=1S/C26H30BN3O9/c1-16(2)10-18(27-38-25(37)26(39-27,13-22(32)33)14-23(34)35)12-21(31)19(11-17-6-4-3-5-7-17)30-24(36)20-15-28-8-9-29-20/h3-9,15-16,18-19H,10-14H2,1-2H3,(H,30,36)(H,32,33)(H,34,35). The van der Waals surface area contributed by atoms with Gasteiger partial charge in [-0.2, -0.15) is 0 Å². The number of hydrogen-bond acceptors (Lipinski definition) is 9. The highest BCUT2D eigenvalue weighted by Gasteiger charge is 2.57. The van der Waals surface area contributed by atoms with Crippen molar-refractivity contribution >= 4 is 36.7 Å². The fourth-order valence-electron chi connectivity index (χ4n) is 4.52. The van der Waals surface area contributed by atoms with E-state index in [1.807, 2.05) is 32.0 Å². The molecule has 1 saturated heterocycles. The van der Waals surface area contributed by atoms with Gasteiger partial charge >= 0.3 is 25.0 Å². The van der Waals surface area contributed by atoms with Crippen LogP contribution in [0, 0.1) is 5.92 Å². The van der Waals surface area contributed by atoms with Gasteiger partial charge in [-0.15, -0.1) is 0 Å². The molecule has 1 aliphatic rings. The molecule has 3 N–H and O–H groups in total. The highest BCUT2D eigenvalue weighted by Crippen LogP contribution is 2.38. The van der Waals surface area contributed by atoms with E-state index in [9.17, 15) is 34.2 Å².